The Morgan fingerprint density at radius 3 is 2.82 bits per heavy atom. The molecule has 174 valence electrons. The van der Waals surface area contributed by atoms with Gasteiger partial charge in [-0.25, -0.2) is 9.38 Å². The van der Waals surface area contributed by atoms with Crippen LogP contribution < -0.4 is 21.1 Å². The fourth-order valence-corrected chi connectivity index (χ4v) is 4.40. The number of carbonyl (C=O) groups is 1. The maximum absolute atomic E-state index is 13.9. The number of hydrogen-bond acceptors (Lipinski definition) is 8. The van der Waals surface area contributed by atoms with E-state index >= 15 is 0 Å². The molecule has 9 nitrogen and oxygen atoms in total. The molecule has 0 spiro atoms. The maximum Gasteiger partial charge on any atom is 0.277 e. The zero-order chi connectivity index (χ0) is 23.5. The highest BCUT2D eigenvalue weighted by Gasteiger charge is 2.26. The molecule has 2 atom stereocenters. The quantitative estimate of drug-likeness (QED) is 0.548. The molecule has 3 heterocycles. The zero-order valence-corrected chi connectivity index (χ0v) is 19.2. The molecule has 2 unspecified atom stereocenters. The lowest BCUT2D eigenvalue weighted by atomic mass is 9.95. The number of nitrogens with zero attached hydrogens (tertiary/aromatic N) is 4. The fraction of sp³-hybridized carbons (Fsp3) is 0.381. The van der Waals surface area contributed by atoms with Crippen molar-refractivity contribution in [1.29, 1.82) is 0 Å². The number of carbonyl (C=O) groups excluding carboxylic acids is 1. The van der Waals surface area contributed by atoms with Crippen molar-refractivity contribution in [2.45, 2.75) is 32.0 Å². The van der Waals surface area contributed by atoms with Crippen molar-refractivity contribution in [3.63, 3.8) is 0 Å². The van der Waals surface area contributed by atoms with E-state index in [1.54, 1.807) is 13.1 Å². The van der Waals surface area contributed by atoms with Crippen LogP contribution in [0.4, 0.5) is 10.2 Å². The van der Waals surface area contributed by atoms with Crippen molar-refractivity contribution in [2.75, 3.05) is 18.8 Å². The zero-order valence-electron chi connectivity index (χ0n) is 17.7. The van der Waals surface area contributed by atoms with E-state index in [2.05, 4.69) is 30.8 Å². The van der Waals surface area contributed by atoms with Crippen LogP contribution in [0.3, 0.4) is 0 Å². The minimum atomic E-state index is -0.778. The van der Waals surface area contributed by atoms with E-state index in [4.69, 9.17) is 33.7 Å². The first kappa shape index (κ1) is 23.3. The Morgan fingerprint density at radius 2 is 2.06 bits per heavy atom. The van der Waals surface area contributed by atoms with Gasteiger partial charge in [-0.1, -0.05) is 23.2 Å². The van der Waals surface area contributed by atoms with Crippen LogP contribution in [0.15, 0.2) is 28.2 Å². The SMILES string of the molecule is CC(Oc1cc(C(=O)NC2=NC(C3CCNCC3)N=C2)nnc1N)c1c(Cl)ccc(F)c1Cl. The predicted molar refractivity (Wildman–Crippen MR) is 125 cm³/mol. The molecule has 0 aliphatic carbocycles. The monoisotopic (exact) mass is 493 g/mol. The van der Waals surface area contributed by atoms with Gasteiger partial charge in [0.25, 0.3) is 5.91 Å². The number of hydrogen-bond donors (Lipinski definition) is 3. The van der Waals surface area contributed by atoms with Crippen molar-refractivity contribution in [2.24, 2.45) is 15.9 Å². The van der Waals surface area contributed by atoms with Gasteiger partial charge in [0.1, 0.15) is 23.9 Å². The van der Waals surface area contributed by atoms with Gasteiger partial charge in [-0.15, -0.1) is 10.2 Å². The molecule has 1 aromatic carbocycles. The number of nitrogens with two attached hydrogens (primary N) is 1. The number of amidine groups is 1. The molecule has 0 saturated carbocycles. The van der Waals surface area contributed by atoms with Crippen molar-refractivity contribution in [3.05, 3.63) is 45.3 Å². The standard InChI is InChI=1S/C21H22Cl2FN7O2/c1-10(17-12(22)2-3-13(24)18(17)23)33-15-8-14(30-31-19(15)25)21(32)29-16-9-27-20(28-16)11-4-6-26-7-5-11/h2-3,8-11,20,26H,4-7H2,1H3,(H2,25,31)(H,28,29,32). The van der Waals surface area contributed by atoms with E-state index in [0.717, 1.165) is 32.0 Å². The molecule has 0 bridgehead atoms. The Morgan fingerprint density at radius 1 is 1.30 bits per heavy atom. The fourth-order valence-electron chi connectivity index (χ4n) is 3.72. The van der Waals surface area contributed by atoms with E-state index in [1.807, 2.05) is 0 Å². The second-order valence-electron chi connectivity index (χ2n) is 7.74. The average molecular weight is 494 g/mol. The van der Waals surface area contributed by atoms with E-state index in [1.165, 1.54) is 12.1 Å². The van der Waals surface area contributed by atoms with Gasteiger partial charge in [0.05, 0.1) is 11.2 Å². The smallest absolute Gasteiger partial charge is 0.277 e. The molecule has 2 aromatic rings. The van der Waals surface area contributed by atoms with Crippen LogP contribution in [0.1, 0.15) is 41.9 Å². The molecule has 1 aromatic heterocycles. The number of ether oxygens (including phenoxy) is 1. The molecule has 1 fully saturated rings. The van der Waals surface area contributed by atoms with Crippen LogP contribution in [0, 0.1) is 11.7 Å². The highest BCUT2D eigenvalue weighted by molar-refractivity contribution is 6.36. The molecule has 33 heavy (non-hydrogen) atoms. The van der Waals surface area contributed by atoms with Crippen molar-refractivity contribution >= 4 is 47.0 Å². The molecule has 12 heteroatoms. The van der Waals surface area contributed by atoms with Crippen LogP contribution in [-0.4, -0.2) is 47.4 Å². The van der Waals surface area contributed by atoms with Gasteiger partial charge < -0.3 is 21.1 Å². The number of piperidine rings is 1. The van der Waals surface area contributed by atoms with Crippen LogP contribution in [0.5, 0.6) is 5.75 Å². The first-order chi connectivity index (χ1) is 15.8. The summed E-state index contributed by atoms with van der Waals surface area (Å²) in [5.41, 5.74) is 6.08. The first-order valence-electron chi connectivity index (χ1n) is 10.4. The number of anilines is 1. The second-order valence-corrected chi connectivity index (χ2v) is 8.53. The Kier molecular flexibility index (Phi) is 7.06. The van der Waals surface area contributed by atoms with Gasteiger partial charge in [-0.3, -0.25) is 9.79 Å². The molecule has 1 saturated heterocycles. The molecule has 1 amide bonds. The Labute approximate surface area is 199 Å². The van der Waals surface area contributed by atoms with Crippen LogP contribution in [-0.2, 0) is 0 Å². The average Bonchev–Trinajstić information content (AvgIpc) is 3.27. The highest BCUT2D eigenvalue weighted by atomic mass is 35.5. The largest absolute Gasteiger partial charge is 0.482 e. The maximum atomic E-state index is 13.9. The lowest BCUT2D eigenvalue weighted by Crippen LogP contribution is -2.33. The number of aromatic nitrogens is 2. The minimum Gasteiger partial charge on any atom is -0.482 e. The number of aliphatic imine (C=N–C) groups is 2. The first-order valence-corrected chi connectivity index (χ1v) is 11.2. The van der Waals surface area contributed by atoms with E-state index in [-0.39, 0.29) is 39.0 Å². The van der Waals surface area contributed by atoms with Gasteiger partial charge in [-0.05, 0) is 45.0 Å². The third kappa shape index (κ3) is 5.23. The number of benzene rings is 1. The number of rotatable bonds is 5. The normalized spacial score (nSPS) is 19.3. The van der Waals surface area contributed by atoms with Crippen LogP contribution >= 0.6 is 23.2 Å². The van der Waals surface area contributed by atoms with Crippen LogP contribution in [0.2, 0.25) is 10.0 Å². The summed E-state index contributed by atoms with van der Waals surface area (Å²) in [6, 6.07) is 3.88. The lowest BCUT2D eigenvalue weighted by molar-refractivity contribution is 0.0970. The summed E-state index contributed by atoms with van der Waals surface area (Å²) in [5, 5.41) is 13.7. The molecule has 2 aliphatic heterocycles. The minimum absolute atomic E-state index is 0.0377. The molecular formula is C21H22Cl2FN7O2. The van der Waals surface area contributed by atoms with Gasteiger partial charge >= 0.3 is 0 Å². The van der Waals surface area contributed by atoms with Crippen molar-refractivity contribution in [1.82, 2.24) is 20.8 Å². The van der Waals surface area contributed by atoms with Crippen LogP contribution in [0.25, 0.3) is 0 Å². The second kappa shape index (κ2) is 9.98. The summed E-state index contributed by atoms with van der Waals surface area (Å²) in [5.74, 6) is -0.443. The summed E-state index contributed by atoms with van der Waals surface area (Å²) >= 11 is 12.2. The number of amides is 1. The van der Waals surface area contributed by atoms with E-state index in [9.17, 15) is 9.18 Å². The third-order valence-electron chi connectivity index (χ3n) is 5.48. The topological polar surface area (TPSA) is 127 Å². The van der Waals surface area contributed by atoms with Gasteiger partial charge in [-0.2, -0.15) is 0 Å². The number of nitrogens with one attached hydrogen (secondary N) is 2. The summed E-state index contributed by atoms with van der Waals surface area (Å²) in [6.45, 7) is 3.49. The van der Waals surface area contributed by atoms with Gasteiger partial charge in [0, 0.05) is 22.6 Å². The molecule has 0 radical (unpaired) electrons. The molecular weight excluding hydrogens is 472 g/mol. The van der Waals surface area contributed by atoms with Crippen molar-refractivity contribution in [3.8, 4) is 5.75 Å². The summed E-state index contributed by atoms with van der Waals surface area (Å²) in [7, 11) is 0. The summed E-state index contributed by atoms with van der Waals surface area (Å²) in [4.78, 5) is 21.6. The third-order valence-corrected chi connectivity index (χ3v) is 6.19. The van der Waals surface area contributed by atoms with E-state index in [0.29, 0.717) is 11.8 Å². The lowest BCUT2D eigenvalue weighted by Gasteiger charge is -2.24. The highest BCUT2D eigenvalue weighted by Crippen LogP contribution is 2.35. The number of halogens is 3. The Balaban J connectivity index is 1.47. The molecule has 4 N–H and O–H groups in total. The van der Waals surface area contributed by atoms with Gasteiger partial charge in [0.2, 0.25) is 0 Å². The number of nitrogen functional groups attached to an aromatic ring is 1. The Bertz CT molecular complexity index is 1120. The van der Waals surface area contributed by atoms with Gasteiger partial charge in [0.15, 0.2) is 17.3 Å². The van der Waals surface area contributed by atoms with E-state index < -0.39 is 17.8 Å². The Hall–Kier alpha value is -2.82. The predicted octanol–water partition coefficient (Wildman–Crippen LogP) is 3.18. The van der Waals surface area contributed by atoms with Crippen molar-refractivity contribution < 1.29 is 13.9 Å². The molecule has 4 rings (SSSR count). The molecule has 2 aliphatic rings. The summed E-state index contributed by atoms with van der Waals surface area (Å²) < 4.78 is 19.7. The summed E-state index contributed by atoms with van der Waals surface area (Å²) in [6.07, 6.45) is 2.53.